The van der Waals surface area contributed by atoms with Crippen molar-refractivity contribution in [3.8, 4) is 5.75 Å². The SMILES string of the molecule is C[C@H]1CC2=C(CN1C(=O)c1cccc(C(F)(F)F)c1F)NNN2c1ncc(OCc2ccccc2)cn1. The van der Waals surface area contributed by atoms with Crippen LogP contribution in [0.15, 0.2) is 72.3 Å². The van der Waals surface area contributed by atoms with E-state index in [1.54, 1.807) is 24.3 Å². The molecule has 5 rings (SSSR count). The monoisotopic (exact) mass is 514 g/mol. The van der Waals surface area contributed by atoms with Gasteiger partial charge < -0.3 is 15.1 Å². The van der Waals surface area contributed by atoms with Crippen LogP contribution in [-0.2, 0) is 12.8 Å². The van der Waals surface area contributed by atoms with E-state index < -0.39 is 35.1 Å². The Hall–Kier alpha value is -4.19. The van der Waals surface area contributed by atoms with Gasteiger partial charge in [0.15, 0.2) is 5.75 Å². The molecule has 0 fully saturated rings. The number of benzene rings is 2. The van der Waals surface area contributed by atoms with Crippen molar-refractivity contribution >= 4 is 11.9 Å². The number of alkyl halides is 3. The van der Waals surface area contributed by atoms with Crippen molar-refractivity contribution in [2.45, 2.75) is 32.2 Å². The summed E-state index contributed by atoms with van der Waals surface area (Å²) < 4.78 is 59.7. The van der Waals surface area contributed by atoms with Gasteiger partial charge in [-0.05, 0) is 24.6 Å². The molecule has 2 aromatic carbocycles. The molecule has 8 nitrogen and oxygen atoms in total. The van der Waals surface area contributed by atoms with Gasteiger partial charge in [-0.3, -0.25) is 4.79 Å². The number of amides is 1. The molecule has 2 aliphatic heterocycles. The second-order valence-electron chi connectivity index (χ2n) is 8.64. The van der Waals surface area contributed by atoms with Crippen LogP contribution >= 0.6 is 0 Å². The summed E-state index contributed by atoms with van der Waals surface area (Å²) in [7, 11) is 0. The van der Waals surface area contributed by atoms with Crippen LogP contribution < -0.4 is 20.7 Å². The summed E-state index contributed by atoms with van der Waals surface area (Å²) in [6.45, 7) is 2.15. The van der Waals surface area contributed by atoms with Gasteiger partial charge in [0.1, 0.15) is 12.4 Å². The highest BCUT2D eigenvalue weighted by atomic mass is 19.4. The van der Waals surface area contributed by atoms with E-state index in [-0.39, 0.29) is 6.54 Å². The lowest BCUT2D eigenvalue weighted by atomic mass is 10.0. The van der Waals surface area contributed by atoms with Crippen molar-refractivity contribution in [3.63, 3.8) is 0 Å². The lowest BCUT2D eigenvalue weighted by Crippen LogP contribution is -2.45. The Labute approximate surface area is 209 Å². The molecule has 0 spiro atoms. The summed E-state index contributed by atoms with van der Waals surface area (Å²) in [6.07, 6.45) is -1.48. The van der Waals surface area contributed by atoms with E-state index in [0.717, 1.165) is 23.4 Å². The van der Waals surface area contributed by atoms with Crippen LogP contribution in [0.4, 0.5) is 23.5 Å². The standard InChI is InChI=1S/C25H22F4N6O2/c1-15-10-21-20(13-34(15)23(36)18-8-5-9-19(22(18)26)25(27,28)29)32-33-35(21)24-30-11-17(12-31-24)37-14-16-6-3-2-4-7-16/h2-9,11-12,15,32-33H,10,13-14H2,1H3/t15-/m0/s1. The first-order valence-corrected chi connectivity index (χ1v) is 11.4. The first kappa shape index (κ1) is 24.5. The first-order chi connectivity index (χ1) is 17.7. The molecule has 192 valence electrons. The van der Waals surface area contributed by atoms with Crippen LogP contribution in [0.5, 0.6) is 5.75 Å². The fraction of sp³-hybridized carbons (Fsp3) is 0.240. The number of hydrogen-bond donors (Lipinski definition) is 2. The number of hydrogen-bond acceptors (Lipinski definition) is 7. The number of carbonyl (C=O) groups excluding carboxylic acids is 1. The number of halogens is 4. The molecule has 12 heteroatoms. The third-order valence-electron chi connectivity index (χ3n) is 6.14. The second-order valence-corrected chi connectivity index (χ2v) is 8.64. The molecule has 0 saturated carbocycles. The van der Waals surface area contributed by atoms with Crippen molar-refractivity contribution < 1.29 is 27.1 Å². The van der Waals surface area contributed by atoms with E-state index in [0.29, 0.717) is 36.5 Å². The molecule has 2 aliphatic rings. The number of ether oxygens (including phenoxy) is 1. The van der Waals surface area contributed by atoms with Gasteiger partial charge in [-0.2, -0.15) is 13.2 Å². The Morgan fingerprint density at radius 1 is 1.11 bits per heavy atom. The summed E-state index contributed by atoms with van der Waals surface area (Å²) in [4.78, 5) is 23.1. The van der Waals surface area contributed by atoms with E-state index >= 15 is 0 Å². The van der Waals surface area contributed by atoms with Gasteiger partial charge in [0.05, 0.1) is 41.5 Å². The van der Waals surface area contributed by atoms with Crippen LogP contribution in [0.2, 0.25) is 0 Å². The summed E-state index contributed by atoms with van der Waals surface area (Å²) in [5.74, 6) is -1.57. The highest BCUT2D eigenvalue weighted by molar-refractivity contribution is 5.95. The second kappa shape index (κ2) is 9.69. The molecule has 1 atom stereocenters. The van der Waals surface area contributed by atoms with Crippen LogP contribution in [-0.4, -0.2) is 33.4 Å². The predicted molar refractivity (Wildman–Crippen MR) is 125 cm³/mol. The van der Waals surface area contributed by atoms with Crippen LogP contribution in [0.3, 0.4) is 0 Å². The normalized spacial score (nSPS) is 17.5. The Morgan fingerprint density at radius 3 is 2.54 bits per heavy atom. The molecule has 3 aromatic rings. The van der Waals surface area contributed by atoms with Crippen molar-refractivity contribution in [2.24, 2.45) is 0 Å². The van der Waals surface area contributed by atoms with Gasteiger partial charge in [-0.15, -0.1) is 5.53 Å². The fourth-order valence-corrected chi connectivity index (χ4v) is 4.21. The molecule has 3 heterocycles. The van der Waals surface area contributed by atoms with Gasteiger partial charge in [0.25, 0.3) is 5.91 Å². The molecular weight excluding hydrogens is 492 g/mol. The van der Waals surface area contributed by atoms with E-state index in [4.69, 9.17) is 4.74 Å². The fourth-order valence-electron chi connectivity index (χ4n) is 4.21. The van der Waals surface area contributed by atoms with Gasteiger partial charge in [-0.1, -0.05) is 36.4 Å². The minimum Gasteiger partial charge on any atom is -0.486 e. The van der Waals surface area contributed by atoms with Gasteiger partial charge in [0, 0.05) is 12.5 Å². The molecule has 0 radical (unpaired) electrons. The lowest BCUT2D eigenvalue weighted by Gasteiger charge is -2.34. The van der Waals surface area contributed by atoms with Crippen molar-refractivity contribution in [3.05, 3.63) is 94.8 Å². The summed E-state index contributed by atoms with van der Waals surface area (Å²) >= 11 is 0. The minimum absolute atomic E-state index is 0.0345. The van der Waals surface area contributed by atoms with Gasteiger partial charge in [0.2, 0.25) is 5.95 Å². The van der Waals surface area contributed by atoms with Gasteiger partial charge in [-0.25, -0.2) is 19.4 Å². The zero-order valence-corrected chi connectivity index (χ0v) is 19.6. The van der Waals surface area contributed by atoms with Crippen LogP contribution in [0.25, 0.3) is 0 Å². The Bertz CT molecular complexity index is 1330. The van der Waals surface area contributed by atoms with Crippen molar-refractivity contribution in [1.29, 1.82) is 0 Å². The number of aromatic nitrogens is 2. The van der Waals surface area contributed by atoms with E-state index in [1.807, 2.05) is 30.3 Å². The minimum atomic E-state index is -4.90. The first-order valence-electron chi connectivity index (χ1n) is 11.4. The zero-order valence-electron chi connectivity index (χ0n) is 19.6. The van der Waals surface area contributed by atoms with Crippen molar-refractivity contribution in [2.75, 3.05) is 11.6 Å². The number of anilines is 1. The third kappa shape index (κ3) is 4.92. The van der Waals surface area contributed by atoms with Gasteiger partial charge >= 0.3 is 6.18 Å². The lowest BCUT2D eigenvalue weighted by molar-refractivity contribution is -0.140. The highest BCUT2D eigenvalue weighted by Gasteiger charge is 2.39. The summed E-state index contributed by atoms with van der Waals surface area (Å²) in [6, 6.07) is 11.9. The number of nitrogens with zero attached hydrogens (tertiary/aromatic N) is 4. The molecule has 2 N–H and O–H groups in total. The Morgan fingerprint density at radius 2 is 1.84 bits per heavy atom. The molecule has 0 bridgehead atoms. The molecular formula is C25H22F4N6O2. The maximum absolute atomic E-state index is 14.6. The van der Waals surface area contributed by atoms with Crippen LogP contribution in [0, 0.1) is 5.82 Å². The molecule has 0 aliphatic carbocycles. The third-order valence-corrected chi connectivity index (χ3v) is 6.14. The number of hydrazine groups is 2. The van der Waals surface area contributed by atoms with Crippen molar-refractivity contribution in [1.82, 2.24) is 25.8 Å². The largest absolute Gasteiger partial charge is 0.486 e. The van der Waals surface area contributed by atoms with E-state index in [2.05, 4.69) is 20.9 Å². The molecule has 1 aromatic heterocycles. The molecule has 0 saturated heterocycles. The average Bonchev–Trinajstić information content (AvgIpc) is 3.29. The zero-order chi connectivity index (χ0) is 26.2. The quantitative estimate of drug-likeness (QED) is 0.494. The van der Waals surface area contributed by atoms with E-state index in [1.165, 1.54) is 4.90 Å². The average molecular weight is 514 g/mol. The number of carbonyl (C=O) groups is 1. The Kier molecular flexibility index (Phi) is 6.42. The summed E-state index contributed by atoms with van der Waals surface area (Å²) in [5.41, 5.74) is 6.17. The topological polar surface area (TPSA) is 82.6 Å². The highest BCUT2D eigenvalue weighted by Crippen LogP contribution is 2.34. The molecule has 37 heavy (non-hydrogen) atoms. The smallest absolute Gasteiger partial charge is 0.419 e. The molecule has 1 amide bonds. The molecule has 0 unspecified atom stereocenters. The van der Waals surface area contributed by atoms with E-state index in [9.17, 15) is 22.4 Å². The Balaban J connectivity index is 1.30. The maximum Gasteiger partial charge on any atom is 0.419 e. The van der Waals surface area contributed by atoms with Crippen LogP contribution in [0.1, 0.15) is 34.8 Å². The predicted octanol–water partition coefficient (Wildman–Crippen LogP) is 4.19. The number of rotatable bonds is 5. The maximum atomic E-state index is 14.6. The number of nitrogens with one attached hydrogen (secondary N) is 2. The summed E-state index contributed by atoms with van der Waals surface area (Å²) in [5, 5.41) is 1.62.